The summed E-state index contributed by atoms with van der Waals surface area (Å²) in [5.74, 6) is 0.147. The van der Waals surface area contributed by atoms with Gasteiger partial charge in [0.15, 0.2) is 0 Å². The van der Waals surface area contributed by atoms with Crippen LogP contribution in [-0.2, 0) is 9.59 Å². The summed E-state index contributed by atoms with van der Waals surface area (Å²) in [5.41, 5.74) is 4.47. The fourth-order valence-electron chi connectivity index (χ4n) is 0. The lowest BCUT2D eigenvalue weighted by atomic mass is 10.5. The number of primary amides is 1. The van der Waals surface area contributed by atoms with E-state index in [1.807, 2.05) is 0 Å². The topological polar surface area (TPSA) is 60.2 Å². The fourth-order valence-corrected chi connectivity index (χ4v) is 0. The largest absolute Gasteiger partial charge is 0.370 e. The predicted octanol–water partition coefficient (Wildman–Crippen LogP) is -0.00320. The number of Topliss-reactive ketones (excluding diaryl/α,β-unsaturated/α-hetero) is 1. The van der Waals surface area contributed by atoms with E-state index in [1.54, 1.807) is 0 Å². The van der Waals surface area contributed by atoms with Crippen molar-refractivity contribution < 1.29 is 9.59 Å². The first-order valence-electron chi connectivity index (χ1n) is 2.37. The highest BCUT2D eigenvalue weighted by Gasteiger charge is 1.77. The minimum absolute atomic E-state index is 0.119. The normalized spacial score (nSPS) is 7.00. The van der Waals surface area contributed by atoms with Crippen molar-refractivity contribution in [2.45, 2.75) is 13.8 Å². The molecule has 0 bridgehead atoms. The zero-order valence-electron chi connectivity index (χ0n) is 5.55. The van der Waals surface area contributed by atoms with Crippen LogP contribution in [0.25, 0.3) is 0 Å². The maximum Gasteiger partial charge on any atom is 0.214 e. The van der Waals surface area contributed by atoms with Crippen LogP contribution in [0.4, 0.5) is 0 Å². The molecule has 4 heteroatoms. The second-order valence-electron chi connectivity index (χ2n) is 1.47. The highest BCUT2D eigenvalue weighted by Crippen LogP contribution is 1.70. The molecule has 0 radical (unpaired) electrons. The van der Waals surface area contributed by atoms with E-state index in [4.69, 9.17) is 0 Å². The average molecular weight is 149 g/mol. The molecule has 0 aliphatic carbocycles. The number of hydrogen-bond acceptors (Lipinski definition) is 3. The number of rotatable bonds is 1. The Hall–Kier alpha value is -0.510. The lowest BCUT2D eigenvalue weighted by Crippen LogP contribution is -2.01. The number of amides is 1. The van der Waals surface area contributed by atoms with Gasteiger partial charge in [-0.25, -0.2) is 0 Å². The van der Waals surface area contributed by atoms with Crippen molar-refractivity contribution in [3.63, 3.8) is 0 Å². The van der Waals surface area contributed by atoms with E-state index >= 15 is 0 Å². The predicted molar refractivity (Wildman–Crippen MR) is 39.4 cm³/mol. The van der Waals surface area contributed by atoms with Crippen molar-refractivity contribution >= 4 is 24.3 Å². The Balaban J connectivity index is 0. The third kappa shape index (κ3) is 102. The summed E-state index contributed by atoms with van der Waals surface area (Å²) in [6, 6.07) is 0. The molecule has 0 saturated heterocycles. The van der Waals surface area contributed by atoms with Crippen molar-refractivity contribution in [3.05, 3.63) is 0 Å². The summed E-state index contributed by atoms with van der Waals surface area (Å²) < 4.78 is 0. The molecule has 9 heavy (non-hydrogen) atoms. The van der Waals surface area contributed by atoms with Gasteiger partial charge in [-0.3, -0.25) is 9.59 Å². The Morgan fingerprint density at radius 3 is 1.56 bits per heavy atom. The van der Waals surface area contributed by atoms with Crippen LogP contribution >= 0.6 is 12.6 Å². The third-order valence-electron chi connectivity index (χ3n) is 0.223. The van der Waals surface area contributed by atoms with Gasteiger partial charge in [0.25, 0.3) is 0 Å². The lowest BCUT2D eigenvalue weighted by Gasteiger charge is -1.71. The highest BCUT2D eigenvalue weighted by atomic mass is 32.1. The van der Waals surface area contributed by atoms with Gasteiger partial charge in [-0.05, 0) is 6.92 Å². The van der Waals surface area contributed by atoms with Crippen LogP contribution in [0.5, 0.6) is 0 Å². The van der Waals surface area contributed by atoms with E-state index in [2.05, 4.69) is 18.4 Å². The van der Waals surface area contributed by atoms with Crippen LogP contribution in [-0.4, -0.2) is 17.4 Å². The molecular weight excluding hydrogens is 138 g/mol. The second kappa shape index (κ2) is 7.49. The summed E-state index contributed by atoms with van der Waals surface area (Å²) >= 11 is 3.67. The first kappa shape index (κ1) is 11.3. The Morgan fingerprint density at radius 2 is 1.56 bits per heavy atom. The standard InChI is InChI=1S/C3H6OS.C2H5NO/c1-3(4)2-5;1-2(3)4/h5H,2H2,1H3;1H3,(H2,3,4). The molecule has 0 aliphatic heterocycles. The molecule has 0 heterocycles. The molecule has 0 aliphatic rings. The highest BCUT2D eigenvalue weighted by molar-refractivity contribution is 7.81. The molecular formula is C5H11NO2S. The first-order valence-corrected chi connectivity index (χ1v) is 3.00. The Bertz CT molecular complexity index is 99.1. The average Bonchev–Trinajstić information content (AvgIpc) is 1.65. The van der Waals surface area contributed by atoms with Crippen molar-refractivity contribution in [1.82, 2.24) is 0 Å². The summed E-state index contributed by atoms with van der Waals surface area (Å²) in [6.07, 6.45) is 0. The van der Waals surface area contributed by atoms with Crippen molar-refractivity contribution in [1.29, 1.82) is 0 Å². The maximum absolute atomic E-state index is 9.74. The Labute approximate surface area is 60.0 Å². The molecule has 0 fully saturated rings. The minimum atomic E-state index is -0.333. The smallest absolute Gasteiger partial charge is 0.214 e. The van der Waals surface area contributed by atoms with Crippen molar-refractivity contribution in [3.8, 4) is 0 Å². The number of hydrogen-bond donors (Lipinski definition) is 2. The summed E-state index contributed by atoms with van der Waals surface area (Å²) in [4.78, 5) is 19.0. The zero-order chi connectivity index (χ0) is 7.86. The number of carbonyl (C=O) groups excluding carboxylic acids is 2. The Kier molecular flexibility index (Phi) is 9.41. The van der Waals surface area contributed by atoms with E-state index in [1.165, 1.54) is 13.8 Å². The number of carbonyl (C=O) groups is 2. The first-order chi connectivity index (χ1) is 4.00. The quantitative estimate of drug-likeness (QED) is 0.515. The van der Waals surface area contributed by atoms with Crippen LogP contribution in [0.1, 0.15) is 13.8 Å². The van der Waals surface area contributed by atoms with Gasteiger partial charge in [0.1, 0.15) is 5.78 Å². The molecule has 0 unspecified atom stereocenters. The van der Waals surface area contributed by atoms with E-state index in [0.717, 1.165) is 0 Å². The molecule has 2 N–H and O–H groups in total. The molecule has 0 aromatic heterocycles. The van der Waals surface area contributed by atoms with Crippen molar-refractivity contribution in [2.75, 3.05) is 5.75 Å². The van der Waals surface area contributed by atoms with E-state index in [9.17, 15) is 9.59 Å². The van der Waals surface area contributed by atoms with Gasteiger partial charge in [-0.15, -0.1) is 0 Å². The summed E-state index contributed by atoms with van der Waals surface area (Å²) in [5, 5.41) is 0. The number of ketones is 1. The lowest BCUT2D eigenvalue weighted by molar-refractivity contribution is -0.116. The van der Waals surface area contributed by atoms with Crippen molar-refractivity contribution in [2.24, 2.45) is 5.73 Å². The van der Waals surface area contributed by atoms with Gasteiger partial charge < -0.3 is 5.73 Å². The van der Waals surface area contributed by atoms with Crippen LogP contribution in [0.2, 0.25) is 0 Å². The molecule has 54 valence electrons. The van der Waals surface area contributed by atoms with Crippen LogP contribution in [0.3, 0.4) is 0 Å². The zero-order valence-corrected chi connectivity index (χ0v) is 6.44. The maximum atomic E-state index is 9.74. The molecule has 3 nitrogen and oxygen atoms in total. The van der Waals surface area contributed by atoms with Crippen LogP contribution in [0.15, 0.2) is 0 Å². The van der Waals surface area contributed by atoms with Crippen LogP contribution in [0, 0.1) is 0 Å². The van der Waals surface area contributed by atoms with Gasteiger partial charge >= 0.3 is 0 Å². The van der Waals surface area contributed by atoms with E-state index < -0.39 is 0 Å². The van der Waals surface area contributed by atoms with Gasteiger partial charge in [0.05, 0.1) is 0 Å². The monoisotopic (exact) mass is 149 g/mol. The van der Waals surface area contributed by atoms with Gasteiger partial charge in [0, 0.05) is 12.7 Å². The minimum Gasteiger partial charge on any atom is -0.370 e. The number of nitrogens with two attached hydrogens (primary N) is 1. The third-order valence-corrected chi connectivity index (χ3v) is 0.668. The summed E-state index contributed by atoms with van der Waals surface area (Å²) in [6.45, 7) is 2.81. The second-order valence-corrected chi connectivity index (χ2v) is 1.79. The van der Waals surface area contributed by atoms with Gasteiger partial charge in [-0.1, -0.05) is 0 Å². The molecule has 0 atom stereocenters. The fraction of sp³-hybridized carbons (Fsp3) is 0.600. The van der Waals surface area contributed by atoms with Crippen LogP contribution < -0.4 is 5.73 Å². The van der Waals surface area contributed by atoms with Gasteiger partial charge in [0.2, 0.25) is 5.91 Å². The molecule has 1 amide bonds. The number of thiol groups is 1. The summed E-state index contributed by atoms with van der Waals surface area (Å²) in [7, 11) is 0. The Morgan fingerprint density at radius 1 is 1.44 bits per heavy atom. The molecule has 0 rings (SSSR count). The molecule has 0 aromatic rings. The molecule has 0 spiro atoms. The molecule has 0 aromatic carbocycles. The molecule has 0 saturated carbocycles. The van der Waals surface area contributed by atoms with E-state index in [0.29, 0.717) is 5.75 Å². The van der Waals surface area contributed by atoms with E-state index in [-0.39, 0.29) is 11.7 Å². The SMILES string of the molecule is CC(=O)CS.CC(N)=O. The van der Waals surface area contributed by atoms with Gasteiger partial charge in [-0.2, -0.15) is 12.6 Å².